The number of hydrogen-bond donors (Lipinski definition) is 2. The van der Waals surface area contributed by atoms with Crippen molar-refractivity contribution < 1.29 is 4.79 Å². The SMILES string of the molecule is CC1(C(=O)NCc2nc3ccccc3s2)CCNC1. The minimum Gasteiger partial charge on any atom is -0.349 e. The van der Waals surface area contributed by atoms with Gasteiger partial charge in [-0.15, -0.1) is 11.3 Å². The Hall–Kier alpha value is -1.46. The van der Waals surface area contributed by atoms with Crippen molar-refractivity contribution in [3.05, 3.63) is 29.3 Å². The van der Waals surface area contributed by atoms with E-state index in [2.05, 4.69) is 21.7 Å². The van der Waals surface area contributed by atoms with Crippen LogP contribution in [0.5, 0.6) is 0 Å². The molecular formula is C14H17N3OS. The average molecular weight is 275 g/mol. The Morgan fingerprint density at radius 2 is 2.37 bits per heavy atom. The molecule has 100 valence electrons. The van der Waals surface area contributed by atoms with Gasteiger partial charge >= 0.3 is 0 Å². The first-order valence-electron chi connectivity index (χ1n) is 6.51. The Bertz CT molecular complexity index is 569. The normalized spacial score (nSPS) is 22.8. The van der Waals surface area contributed by atoms with Gasteiger partial charge < -0.3 is 10.6 Å². The number of nitrogens with zero attached hydrogens (tertiary/aromatic N) is 1. The molecule has 1 aliphatic rings. The van der Waals surface area contributed by atoms with Gasteiger partial charge in [-0.2, -0.15) is 0 Å². The molecule has 0 aliphatic carbocycles. The van der Waals surface area contributed by atoms with Gasteiger partial charge in [0.15, 0.2) is 0 Å². The summed E-state index contributed by atoms with van der Waals surface area (Å²) in [6, 6.07) is 8.05. The van der Waals surface area contributed by atoms with Gasteiger partial charge in [-0.05, 0) is 32.0 Å². The summed E-state index contributed by atoms with van der Waals surface area (Å²) >= 11 is 1.64. The van der Waals surface area contributed by atoms with Crippen LogP contribution < -0.4 is 10.6 Å². The van der Waals surface area contributed by atoms with Crippen LogP contribution in [0.4, 0.5) is 0 Å². The molecule has 2 heterocycles. The number of carbonyl (C=O) groups is 1. The van der Waals surface area contributed by atoms with Crippen LogP contribution in [0, 0.1) is 5.41 Å². The maximum absolute atomic E-state index is 12.2. The van der Waals surface area contributed by atoms with Gasteiger partial charge in [-0.1, -0.05) is 12.1 Å². The lowest BCUT2D eigenvalue weighted by Crippen LogP contribution is -2.39. The molecule has 1 unspecified atom stereocenters. The van der Waals surface area contributed by atoms with E-state index in [1.807, 2.05) is 25.1 Å². The predicted molar refractivity (Wildman–Crippen MR) is 77.1 cm³/mol. The lowest BCUT2D eigenvalue weighted by Gasteiger charge is -2.20. The molecule has 0 bridgehead atoms. The Morgan fingerprint density at radius 1 is 1.53 bits per heavy atom. The third-order valence-corrected chi connectivity index (χ3v) is 4.69. The summed E-state index contributed by atoms with van der Waals surface area (Å²) in [4.78, 5) is 16.7. The fourth-order valence-electron chi connectivity index (χ4n) is 2.38. The fraction of sp³-hybridized carbons (Fsp3) is 0.429. The minimum atomic E-state index is -0.267. The number of thiazole rings is 1. The Morgan fingerprint density at radius 3 is 3.11 bits per heavy atom. The third-order valence-electron chi connectivity index (χ3n) is 3.66. The lowest BCUT2D eigenvalue weighted by atomic mass is 9.89. The Kier molecular flexibility index (Phi) is 3.24. The molecule has 1 aromatic carbocycles. The molecule has 0 spiro atoms. The highest BCUT2D eigenvalue weighted by molar-refractivity contribution is 7.18. The van der Waals surface area contributed by atoms with Gasteiger partial charge in [-0.25, -0.2) is 4.98 Å². The van der Waals surface area contributed by atoms with Gasteiger partial charge in [0.2, 0.25) is 5.91 Å². The van der Waals surface area contributed by atoms with Crippen molar-refractivity contribution >= 4 is 27.5 Å². The van der Waals surface area contributed by atoms with Crippen molar-refractivity contribution in [3.8, 4) is 0 Å². The Labute approximate surface area is 116 Å². The summed E-state index contributed by atoms with van der Waals surface area (Å²) in [5.41, 5.74) is 0.738. The minimum absolute atomic E-state index is 0.122. The summed E-state index contributed by atoms with van der Waals surface area (Å²) in [7, 11) is 0. The first kappa shape index (κ1) is 12.6. The van der Waals surface area contributed by atoms with E-state index in [4.69, 9.17) is 0 Å². The highest BCUT2D eigenvalue weighted by atomic mass is 32.1. The lowest BCUT2D eigenvalue weighted by molar-refractivity contribution is -0.129. The van der Waals surface area contributed by atoms with Crippen molar-refractivity contribution in [3.63, 3.8) is 0 Å². The summed E-state index contributed by atoms with van der Waals surface area (Å²) in [5.74, 6) is 0.122. The summed E-state index contributed by atoms with van der Waals surface area (Å²) in [5, 5.41) is 7.21. The van der Waals surface area contributed by atoms with Gasteiger partial charge in [0.1, 0.15) is 5.01 Å². The van der Waals surface area contributed by atoms with Crippen LogP contribution in [0.25, 0.3) is 10.2 Å². The molecule has 4 nitrogen and oxygen atoms in total. The van der Waals surface area contributed by atoms with Crippen LogP contribution in [-0.2, 0) is 11.3 Å². The smallest absolute Gasteiger partial charge is 0.227 e. The van der Waals surface area contributed by atoms with Crippen LogP contribution in [0.3, 0.4) is 0 Å². The van der Waals surface area contributed by atoms with Gasteiger partial charge in [0, 0.05) is 6.54 Å². The molecule has 19 heavy (non-hydrogen) atoms. The largest absolute Gasteiger partial charge is 0.349 e. The molecule has 2 N–H and O–H groups in total. The molecule has 0 saturated carbocycles. The summed E-state index contributed by atoms with van der Waals surface area (Å²) in [6.45, 7) is 4.22. The zero-order chi connectivity index (χ0) is 13.3. The van der Waals surface area contributed by atoms with E-state index < -0.39 is 0 Å². The number of benzene rings is 1. The van der Waals surface area contributed by atoms with Crippen LogP contribution in [-0.4, -0.2) is 24.0 Å². The van der Waals surface area contributed by atoms with Gasteiger partial charge in [0.05, 0.1) is 22.2 Å². The molecule has 2 aromatic rings. The zero-order valence-electron chi connectivity index (χ0n) is 10.9. The van der Waals surface area contributed by atoms with E-state index in [0.717, 1.165) is 30.0 Å². The predicted octanol–water partition coefficient (Wildman–Crippen LogP) is 1.91. The van der Waals surface area contributed by atoms with Gasteiger partial charge in [0.25, 0.3) is 0 Å². The van der Waals surface area contributed by atoms with Crippen molar-refractivity contribution in [2.24, 2.45) is 5.41 Å². The number of carbonyl (C=O) groups excluding carboxylic acids is 1. The second-order valence-electron chi connectivity index (χ2n) is 5.25. The monoisotopic (exact) mass is 275 g/mol. The molecule has 3 rings (SSSR count). The summed E-state index contributed by atoms with van der Waals surface area (Å²) < 4.78 is 1.17. The van der Waals surface area contributed by atoms with Crippen LogP contribution >= 0.6 is 11.3 Å². The molecule has 1 aliphatic heterocycles. The van der Waals surface area contributed by atoms with E-state index >= 15 is 0 Å². The molecule has 1 amide bonds. The van der Waals surface area contributed by atoms with Crippen LogP contribution in [0.2, 0.25) is 0 Å². The molecule has 5 heteroatoms. The molecule has 1 fully saturated rings. The van der Waals surface area contributed by atoms with Crippen molar-refractivity contribution in [1.82, 2.24) is 15.6 Å². The molecule has 1 atom stereocenters. The number of rotatable bonds is 3. The highest BCUT2D eigenvalue weighted by Crippen LogP contribution is 2.25. The first-order chi connectivity index (χ1) is 9.17. The zero-order valence-corrected chi connectivity index (χ0v) is 11.7. The van der Waals surface area contributed by atoms with Crippen LogP contribution in [0.1, 0.15) is 18.4 Å². The van der Waals surface area contributed by atoms with E-state index in [0.29, 0.717) is 6.54 Å². The molecule has 1 aromatic heterocycles. The number of hydrogen-bond acceptors (Lipinski definition) is 4. The number of fused-ring (bicyclic) bond motifs is 1. The van der Waals surface area contributed by atoms with E-state index in [9.17, 15) is 4.79 Å². The van der Waals surface area contributed by atoms with E-state index in [-0.39, 0.29) is 11.3 Å². The number of nitrogens with one attached hydrogen (secondary N) is 2. The first-order valence-corrected chi connectivity index (χ1v) is 7.32. The third kappa shape index (κ3) is 2.48. The number of aromatic nitrogens is 1. The summed E-state index contributed by atoms with van der Waals surface area (Å²) in [6.07, 6.45) is 0.901. The number of para-hydroxylation sites is 1. The average Bonchev–Trinajstić information content (AvgIpc) is 3.02. The highest BCUT2D eigenvalue weighted by Gasteiger charge is 2.35. The maximum atomic E-state index is 12.2. The van der Waals surface area contributed by atoms with E-state index in [1.165, 1.54) is 4.70 Å². The molecule has 1 saturated heterocycles. The topological polar surface area (TPSA) is 54.0 Å². The number of amides is 1. The second kappa shape index (κ2) is 4.90. The molecular weight excluding hydrogens is 258 g/mol. The second-order valence-corrected chi connectivity index (χ2v) is 6.36. The van der Waals surface area contributed by atoms with Crippen LogP contribution in [0.15, 0.2) is 24.3 Å². The fourth-order valence-corrected chi connectivity index (χ4v) is 3.28. The Balaban J connectivity index is 1.67. The van der Waals surface area contributed by atoms with Gasteiger partial charge in [-0.3, -0.25) is 4.79 Å². The standard InChI is InChI=1S/C14H17N3OS/c1-14(6-7-15-9-14)13(18)16-8-12-17-10-4-2-3-5-11(10)19-12/h2-5,15H,6-9H2,1H3,(H,16,18). The maximum Gasteiger partial charge on any atom is 0.227 e. The molecule has 0 radical (unpaired) electrons. The van der Waals surface area contributed by atoms with Crippen molar-refractivity contribution in [2.75, 3.05) is 13.1 Å². The quantitative estimate of drug-likeness (QED) is 0.899. The van der Waals surface area contributed by atoms with Crippen molar-refractivity contribution in [1.29, 1.82) is 0 Å². The van der Waals surface area contributed by atoms with E-state index in [1.54, 1.807) is 11.3 Å². The van der Waals surface area contributed by atoms with Crippen molar-refractivity contribution in [2.45, 2.75) is 19.9 Å².